The minimum Gasteiger partial charge on any atom is -0.442 e. The average molecular weight is 343 g/mol. The minimum absolute atomic E-state index is 0.135. The van der Waals surface area contributed by atoms with E-state index in [9.17, 15) is 9.59 Å². The van der Waals surface area contributed by atoms with Crippen molar-refractivity contribution >= 4 is 23.4 Å². The summed E-state index contributed by atoms with van der Waals surface area (Å²) in [6, 6.07) is 7.98. The molecule has 5 rings (SSSR count). The molecule has 2 amide bonds. The van der Waals surface area contributed by atoms with Gasteiger partial charge in [-0.25, -0.2) is 9.86 Å². The van der Waals surface area contributed by atoms with Crippen molar-refractivity contribution in [3.63, 3.8) is 0 Å². The zero-order chi connectivity index (χ0) is 17.4. The first-order valence-electron chi connectivity index (χ1n) is 8.57. The Morgan fingerprint density at radius 3 is 2.56 bits per heavy atom. The summed E-state index contributed by atoms with van der Waals surface area (Å²) < 4.78 is 5.29. The summed E-state index contributed by atoms with van der Waals surface area (Å²) in [5.41, 5.74) is 1.75. The van der Waals surface area contributed by atoms with Crippen LogP contribution in [0.25, 0.3) is 0 Å². The largest absolute Gasteiger partial charge is 0.442 e. The highest BCUT2D eigenvalue weighted by Crippen LogP contribution is 2.33. The third kappa shape index (κ3) is 3.19. The van der Waals surface area contributed by atoms with E-state index < -0.39 is 0 Å². The molecule has 2 saturated heterocycles. The number of carbonyl (C=O) groups is 2. The number of nitrogens with zero attached hydrogens (tertiary/aromatic N) is 2. The van der Waals surface area contributed by atoms with Crippen molar-refractivity contribution in [1.82, 2.24) is 5.32 Å². The summed E-state index contributed by atoms with van der Waals surface area (Å²) in [7, 11) is 0. The first kappa shape index (κ1) is 16.0. The molecule has 7 heteroatoms. The summed E-state index contributed by atoms with van der Waals surface area (Å²) >= 11 is 0. The lowest BCUT2D eigenvalue weighted by atomic mass is 9.98. The van der Waals surface area contributed by atoms with Crippen LogP contribution < -0.4 is 15.3 Å². The second-order valence-corrected chi connectivity index (χ2v) is 6.57. The van der Waals surface area contributed by atoms with Crippen molar-refractivity contribution in [3.05, 3.63) is 36.4 Å². The van der Waals surface area contributed by atoms with E-state index in [1.54, 1.807) is 4.90 Å². The molecule has 0 spiro atoms. The summed E-state index contributed by atoms with van der Waals surface area (Å²) in [4.78, 5) is 30.6. The van der Waals surface area contributed by atoms with Crippen LogP contribution in [-0.4, -0.2) is 43.3 Å². The lowest BCUT2D eigenvalue weighted by molar-refractivity contribution is -0.119. The smallest absolute Gasteiger partial charge is 0.414 e. The molecule has 1 aromatic carbocycles. The van der Waals surface area contributed by atoms with Gasteiger partial charge in [0, 0.05) is 12.6 Å². The second kappa shape index (κ2) is 6.40. The molecular formula is C18H21N3O4. The van der Waals surface area contributed by atoms with Gasteiger partial charge in [-0.1, -0.05) is 12.2 Å². The molecule has 3 heterocycles. The molecular weight excluding hydrogens is 322 g/mol. The fourth-order valence-corrected chi connectivity index (χ4v) is 3.42. The van der Waals surface area contributed by atoms with Crippen molar-refractivity contribution in [1.29, 1.82) is 0 Å². The SMILES string of the molecule is CC(=O)NC[C@H]1CN(c2ccc(N3OC4C=CC3CC4)cc2)C(=O)O1. The van der Waals surface area contributed by atoms with E-state index in [2.05, 4.69) is 17.5 Å². The van der Waals surface area contributed by atoms with Crippen LogP contribution in [0.2, 0.25) is 0 Å². The molecule has 7 nitrogen and oxygen atoms in total. The van der Waals surface area contributed by atoms with E-state index in [0.29, 0.717) is 13.1 Å². The van der Waals surface area contributed by atoms with Crippen LogP contribution in [0, 0.1) is 0 Å². The fourth-order valence-electron chi connectivity index (χ4n) is 3.42. The van der Waals surface area contributed by atoms with E-state index in [-0.39, 0.29) is 30.3 Å². The van der Waals surface area contributed by atoms with Gasteiger partial charge in [0.1, 0.15) is 12.2 Å². The standard InChI is InChI=1S/C18H21N3O4/c1-12(22)19-10-17-11-20(18(23)24-17)13-2-4-14(5-3-13)21-15-6-8-16(25-21)9-7-15/h2-6,8,15-17H,7,9-11H2,1H3,(H,19,22)/t15?,16?,17-/m0/s1. The second-order valence-electron chi connectivity index (χ2n) is 6.57. The number of cyclic esters (lactones) is 1. The Balaban J connectivity index is 1.43. The minimum atomic E-state index is -0.390. The Labute approximate surface area is 146 Å². The molecule has 4 aliphatic rings. The quantitative estimate of drug-likeness (QED) is 0.847. The highest BCUT2D eigenvalue weighted by molar-refractivity contribution is 5.90. The highest BCUT2D eigenvalue weighted by atomic mass is 16.7. The normalized spacial score (nSPS) is 27.6. The van der Waals surface area contributed by atoms with Gasteiger partial charge in [0.2, 0.25) is 5.91 Å². The number of hydrogen-bond acceptors (Lipinski definition) is 5. The number of hydroxylamine groups is 1. The van der Waals surface area contributed by atoms with Gasteiger partial charge < -0.3 is 10.1 Å². The maximum atomic E-state index is 12.1. The van der Waals surface area contributed by atoms with Crippen molar-refractivity contribution in [3.8, 4) is 0 Å². The summed E-state index contributed by atoms with van der Waals surface area (Å²) in [5, 5.41) is 4.62. The molecule has 3 aliphatic heterocycles. The van der Waals surface area contributed by atoms with Crippen LogP contribution in [0.4, 0.5) is 16.2 Å². The predicted molar refractivity (Wildman–Crippen MR) is 92.3 cm³/mol. The maximum absolute atomic E-state index is 12.1. The molecule has 132 valence electrons. The lowest BCUT2D eigenvalue weighted by Gasteiger charge is -2.41. The number of nitrogens with one attached hydrogen (secondary N) is 1. The van der Waals surface area contributed by atoms with Gasteiger partial charge in [-0.2, -0.15) is 0 Å². The maximum Gasteiger partial charge on any atom is 0.414 e. The zero-order valence-electron chi connectivity index (χ0n) is 14.1. The third-order valence-electron chi connectivity index (χ3n) is 4.71. The van der Waals surface area contributed by atoms with Crippen LogP contribution in [-0.2, 0) is 14.4 Å². The Morgan fingerprint density at radius 2 is 1.96 bits per heavy atom. The van der Waals surface area contributed by atoms with Gasteiger partial charge in [-0.3, -0.25) is 14.5 Å². The van der Waals surface area contributed by atoms with Crippen LogP contribution in [0.1, 0.15) is 19.8 Å². The first-order chi connectivity index (χ1) is 12.1. The van der Waals surface area contributed by atoms with Crippen molar-refractivity contribution in [2.45, 2.75) is 38.0 Å². The number of ether oxygens (including phenoxy) is 1. The molecule has 0 saturated carbocycles. The van der Waals surface area contributed by atoms with E-state index in [4.69, 9.17) is 9.57 Å². The molecule has 2 unspecified atom stereocenters. The van der Waals surface area contributed by atoms with Crippen LogP contribution in [0.5, 0.6) is 0 Å². The molecule has 1 aromatic rings. The number of rotatable bonds is 4. The number of benzene rings is 1. The van der Waals surface area contributed by atoms with E-state index in [1.807, 2.05) is 29.3 Å². The lowest BCUT2D eigenvalue weighted by Crippen LogP contribution is -2.45. The van der Waals surface area contributed by atoms with Crippen LogP contribution in [0.3, 0.4) is 0 Å². The van der Waals surface area contributed by atoms with Gasteiger partial charge in [-0.05, 0) is 37.1 Å². The van der Waals surface area contributed by atoms with Gasteiger partial charge >= 0.3 is 6.09 Å². The molecule has 1 aliphatic carbocycles. The van der Waals surface area contributed by atoms with E-state index in [0.717, 1.165) is 24.2 Å². The number of amides is 2. The van der Waals surface area contributed by atoms with Crippen molar-refractivity contribution in [2.24, 2.45) is 0 Å². The Bertz CT molecular complexity index is 703. The molecule has 2 fully saturated rings. The third-order valence-corrected chi connectivity index (χ3v) is 4.71. The molecule has 1 N–H and O–H groups in total. The number of fused-ring (bicyclic) bond motifs is 2. The first-order valence-corrected chi connectivity index (χ1v) is 8.57. The summed E-state index contributed by atoms with van der Waals surface area (Å²) in [6.07, 6.45) is 5.90. The van der Waals surface area contributed by atoms with Gasteiger partial charge in [-0.15, -0.1) is 0 Å². The Morgan fingerprint density at radius 1 is 1.20 bits per heavy atom. The number of anilines is 2. The molecule has 3 atom stereocenters. The summed E-state index contributed by atoms with van der Waals surface area (Å²) in [5.74, 6) is -0.135. The van der Waals surface area contributed by atoms with Crippen LogP contribution in [0.15, 0.2) is 36.4 Å². The summed E-state index contributed by atoms with van der Waals surface area (Å²) in [6.45, 7) is 2.19. The van der Waals surface area contributed by atoms with Crippen molar-refractivity contribution < 1.29 is 19.2 Å². The Kier molecular flexibility index (Phi) is 4.09. The van der Waals surface area contributed by atoms with E-state index >= 15 is 0 Å². The number of hydrogen-bond donors (Lipinski definition) is 1. The van der Waals surface area contributed by atoms with Gasteiger partial charge in [0.25, 0.3) is 0 Å². The molecule has 2 bridgehead atoms. The predicted octanol–water partition coefficient (Wildman–Crippen LogP) is 1.99. The Hall–Kier alpha value is -2.54. The van der Waals surface area contributed by atoms with Crippen molar-refractivity contribution in [2.75, 3.05) is 23.1 Å². The van der Waals surface area contributed by atoms with Gasteiger partial charge in [0.15, 0.2) is 0 Å². The molecule has 25 heavy (non-hydrogen) atoms. The average Bonchev–Trinajstić information content (AvgIpc) is 3.02. The monoisotopic (exact) mass is 343 g/mol. The van der Waals surface area contributed by atoms with Gasteiger partial charge in [0.05, 0.1) is 24.8 Å². The number of carbonyl (C=O) groups excluding carboxylic acids is 2. The topological polar surface area (TPSA) is 71.1 Å². The zero-order valence-corrected chi connectivity index (χ0v) is 14.1. The molecule has 0 aromatic heterocycles. The highest BCUT2D eigenvalue weighted by Gasteiger charge is 2.33. The fraction of sp³-hybridized carbons (Fsp3) is 0.444. The molecule has 0 radical (unpaired) electrons. The van der Waals surface area contributed by atoms with Crippen LogP contribution >= 0.6 is 0 Å². The van der Waals surface area contributed by atoms with E-state index in [1.165, 1.54) is 6.92 Å².